The van der Waals surface area contributed by atoms with Gasteiger partial charge < -0.3 is 5.32 Å². The van der Waals surface area contributed by atoms with E-state index in [1.165, 1.54) is 6.07 Å². The lowest BCUT2D eigenvalue weighted by Crippen LogP contribution is -2.23. The summed E-state index contributed by atoms with van der Waals surface area (Å²) in [6.45, 7) is 2.87. The SMILES string of the molecule is CCNC(Cc1cc(F)cc(Br)c1)c1ccccc1Cl. The van der Waals surface area contributed by atoms with Crippen LogP contribution in [0.1, 0.15) is 24.1 Å². The average Bonchev–Trinajstić information content (AvgIpc) is 2.37. The molecule has 0 bridgehead atoms. The van der Waals surface area contributed by atoms with E-state index >= 15 is 0 Å². The van der Waals surface area contributed by atoms with E-state index in [0.29, 0.717) is 6.42 Å². The Bertz CT molecular complexity index is 568. The van der Waals surface area contributed by atoms with Crippen molar-refractivity contribution in [1.29, 1.82) is 0 Å². The molecule has 0 aliphatic carbocycles. The first-order valence-corrected chi connectivity index (χ1v) is 7.70. The van der Waals surface area contributed by atoms with Crippen molar-refractivity contribution in [2.75, 3.05) is 6.54 Å². The van der Waals surface area contributed by atoms with Crippen LogP contribution in [0.25, 0.3) is 0 Å². The van der Waals surface area contributed by atoms with E-state index in [1.54, 1.807) is 6.07 Å². The fraction of sp³-hybridized carbons (Fsp3) is 0.250. The molecule has 0 radical (unpaired) electrons. The first-order valence-electron chi connectivity index (χ1n) is 6.53. The van der Waals surface area contributed by atoms with Crippen LogP contribution in [0.2, 0.25) is 5.02 Å². The number of benzene rings is 2. The zero-order valence-electron chi connectivity index (χ0n) is 11.2. The molecule has 0 aliphatic rings. The average molecular weight is 357 g/mol. The molecule has 0 amide bonds. The Morgan fingerprint density at radius 1 is 1.25 bits per heavy atom. The van der Waals surface area contributed by atoms with Crippen LogP contribution in [-0.2, 0) is 6.42 Å². The molecule has 0 fully saturated rings. The predicted molar refractivity (Wildman–Crippen MR) is 85.7 cm³/mol. The number of hydrogen-bond donors (Lipinski definition) is 1. The summed E-state index contributed by atoms with van der Waals surface area (Å²) >= 11 is 9.59. The molecule has 2 rings (SSSR count). The number of nitrogens with one attached hydrogen (secondary N) is 1. The molecule has 20 heavy (non-hydrogen) atoms. The van der Waals surface area contributed by atoms with Gasteiger partial charge in [0.2, 0.25) is 0 Å². The Kier molecular flexibility index (Phi) is 5.58. The van der Waals surface area contributed by atoms with Crippen molar-refractivity contribution >= 4 is 27.5 Å². The van der Waals surface area contributed by atoms with Crippen molar-refractivity contribution < 1.29 is 4.39 Å². The van der Waals surface area contributed by atoms with E-state index in [0.717, 1.165) is 27.2 Å². The monoisotopic (exact) mass is 355 g/mol. The highest BCUT2D eigenvalue weighted by Gasteiger charge is 2.14. The summed E-state index contributed by atoms with van der Waals surface area (Å²) < 4.78 is 14.2. The second-order valence-corrected chi connectivity index (χ2v) is 5.94. The minimum absolute atomic E-state index is 0.0717. The van der Waals surface area contributed by atoms with Gasteiger partial charge in [-0.2, -0.15) is 0 Å². The number of rotatable bonds is 5. The lowest BCUT2D eigenvalue weighted by Gasteiger charge is -2.20. The normalized spacial score (nSPS) is 12.4. The number of halogens is 3. The van der Waals surface area contributed by atoms with Gasteiger partial charge in [-0.3, -0.25) is 0 Å². The van der Waals surface area contributed by atoms with Gasteiger partial charge in [0.1, 0.15) is 5.82 Å². The molecule has 0 spiro atoms. The standard InChI is InChI=1S/C16H16BrClFN/c1-2-20-16(14-5-3-4-6-15(14)18)9-11-7-12(17)10-13(19)8-11/h3-8,10,16,20H,2,9H2,1H3. The summed E-state index contributed by atoms with van der Waals surface area (Å²) in [4.78, 5) is 0. The molecule has 0 saturated carbocycles. The van der Waals surface area contributed by atoms with Gasteiger partial charge in [0, 0.05) is 15.5 Å². The van der Waals surface area contributed by atoms with Gasteiger partial charge in [-0.1, -0.05) is 52.7 Å². The molecule has 2 aromatic carbocycles. The summed E-state index contributed by atoms with van der Waals surface area (Å²) in [5, 5.41) is 4.14. The van der Waals surface area contributed by atoms with Crippen molar-refractivity contribution in [2.45, 2.75) is 19.4 Å². The van der Waals surface area contributed by atoms with E-state index in [2.05, 4.69) is 21.2 Å². The highest BCUT2D eigenvalue weighted by molar-refractivity contribution is 9.10. The zero-order chi connectivity index (χ0) is 14.5. The van der Waals surface area contributed by atoms with Crippen molar-refractivity contribution in [3.8, 4) is 0 Å². The Hall–Kier alpha value is -0.900. The van der Waals surface area contributed by atoms with Crippen molar-refractivity contribution in [1.82, 2.24) is 5.32 Å². The van der Waals surface area contributed by atoms with E-state index in [-0.39, 0.29) is 11.9 Å². The van der Waals surface area contributed by atoms with Gasteiger partial charge in [0.15, 0.2) is 0 Å². The van der Waals surface area contributed by atoms with E-state index in [9.17, 15) is 4.39 Å². The van der Waals surface area contributed by atoms with Crippen LogP contribution in [0.5, 0.6) is 0 Å². The maximum atomic E-state index is 13.5. The van der Waals surface area contributed by atoms with Gasteiger partial charge in [-0.15, -0.1) is 0 Å². The summed E-state index contributed by atoms with van der Waals surface area (Å²) in [5.74, 6) is -0.233. The molecular formula is C16H16BrClFN. The smallest absolute Gasteiger partial charge is 0.124 e. The maximum absolute atomic E-state index is 13.5. The quantitative estimate of drug-likeness (QED) is 0.782. The third-order valence-electron chi connectivity index (χ3n) is 3.09. The van der Waals surface area contributed by atoms with Gasteiger partial charge >= 0.3 is 0 Å². The molecule has 1 nitrogen and oxygen atoms in total. The summed E-state index contributed by atoms with van der Waals surface area (Å²) in [6.07, 6.45) is 0.688. The van der Waals surface area contributed by atoms with Crippen LogP contribution in [0.3, 0.4) is 0 Å². The highest BCUT2D eigenvalue weighted by Crippen LogP contribution is 2.27. The third-order valence-corrected chi connectivity index (χ3v) is 3.90. The predicted octanol–water partition coefficient (Wildman–Crippen LogP) is 5.13. The first kappa shape index (κ1) is 15.5. The summed E-state index contributed by atoms with van der Waals surface area (Å²) in [6, 6.07) is 12.8. The van der Waals surface area contributed by atoms with E-state index < -0.39 is 0 Å². The Morgan fingerprint density at radius 2 is 2.00 bits per heavy atom. The molecule has 0 saturated heterocycles. The van der Waals surface area contributed by atoms with Crippen LogP contribution in [0, 0.1) is 5.82 Å². The zero-order valence-corrected chi connectivity index (χ0v) is 13.5. The largest absolute Gasteiger partial charge is 0.310 e. The van der Waals surface area contributed by atoms with Gasteiger partial charge in [0.25, 0.3) is 0 Å². The molecular weight excluding hydrogens is 341 g/mol. The fourth-order valence-corrected chi connectivity index (χ4v) is 3.04. The fourth-order valence-electron chi connectivity index (χ4n) is 2.26. The van der Waals surface area contributed by atoms with Crippen molar-refractivity contribution in [2.24, 2.45) is 0 Å². The van der Waals surface area contributed by atoms with Crippen LogP contribution in [0.15, 0.2) is 46.9 Å². The minimum Gasteiger partial charge on any atom is -0.310 e. The van der Waals surface area contributed by atoms with Crippen LogP contribution in [-0.4, -0.2) is 6.54 Å². The number of likely N-dealkylation sites (N-methyl/N-ethyl adjacent to an activating group) is 1. The Labute approximate surface area is 132 Å². The molecule has 106 valence electrons. The van der Waals surface area contributed by atoms with Crippen LogP contribution < -0.4 is 5.32 Å². The van der Waals surface area contributed by atoms with Gasteiger partial charge in [-0.05, 0) is 48.4 Å². The first-order chi connectivity index (χ1) is 9.60. The molecule has 1 unspecified atom stereocenters. The molecule has 1 N–H and O–H groups in total. The van der Waals surface area contributed by atoms with Crippen LogP contribution >= 0.6 is 27.5 Å². The topological polar surface area (TPSA) is 12.0 Å². The lowest BCUT2D eigenvalue weighted by atomic mass is 9.98. The maximum Gasteiger partial charge on any atom is 0.124 e. The molecule has 1 atom stereocenters. The van der Waals surface area contributed by atoms with E-state index in [1.807, 2.05) is 37.3 Å². The van der Waals surface area contributed by atoms with Crippen molar-refractivity contribution in [3.63, 3.8) is 0 Å². The third kappa shape index (κ3) is 4.05. The summed E-state index contributed by atoms with van der Waals surface area (Å²) in [7, 11) is 0. The molecule has 0 heterocycles. The molecule has 4 heteroatoms. The molecule has 0 aliphatic heterocycles. The minimum atomic E-state index is -0.233. The number of hydrogen-bond acceptors (Lipinski definition) is 1. The summed E-state index contributed by atoms with van der Waals surface area (Å²) in [5.41, 5.74) is 1.97. The second kappa shape index (κ2) is 7.21. The van der Waals surface area contributed by atoms with Gasteiger partial charge in [-0.25, -0.2) is 4.39 Å². The van der Waals surface area contributed by atoms with Gasteiger partial charge in [0.05, 0.1) is 0 Å². The lowest BCUT2D eigenvalue weighted by molar-refractivity contribution is 0.546. The molecule has 0 aromatic heterocycles. The Morgan fingerprint density at radius 3 is 2.65 bits per heavy atom. The second-order valence-electron chi connectivity index (χ2n) is 4.61. The van der Waals surface area contributed by atoms with Crippen molar-refractivity contribution in [3.05, 3.63) is 68.9 Å². The van der Waals surface area contributed by atoms with Crippen LogP contribution in [0.4, 0.5) is 4.39 Å². The van der Waals surface area contributed by atoms with E-state index in [4.69, 9.17) is 11.6 Å². The highest BCUT2D eigenvalue weighted by atomic mass is 79.9. The Balaban J connectivity index is 2.28. The molecule has 2 aromatic rings.